The smallest absolute Gasteiger partial charge is 0.220 e. The van der Waals surface area contributed by atoms with Crippen LogP contribution < -0.4 is 15.8 Å². The molecule has 0 spiro atoms. The molecule has 0 saturated carbocycles. The number of methoxy groups -OCH3 is 1. The highest BCUT2D eigenvalue weighted by molar-refractivity contribution is 5.82. The molecule has 3 heterocycles. The van der Waals surface area contributed by atoms with E-state index in [0.29, 0.717) is 29.1 Å². The highest BCUT2D eigenvalue weighted by Gasteiger charge is 2.28. The number of halogens is 1. The highest BCUT2D eigenvalue weighted by Crippen LogP contribution is 2.36. The summed E-state index contributed by atoms with van der Waals surface area (Å²) >= 11 is 0. The zero-order valence-corrected chi connectivity index (χ0v) is 18.5. The van der Waals surface area contributed by atoms with Crippen LogP contribution in [0.1, 0.15) is 35.5 Å². The van der Waals surface area contributed by atoms with Crippen molar-refractivity contribution in [1.29, 1.82) is 0 Å². The lowest BCUT2D eigenvalue weighted by atomic mass is 9.91. The Kier molecular flexibility index (Phi) is 5.43. The number of imidazole rings is 1. The van der Waals surface area contributed by atoms with E-state index in [9.17, 15) is 5.11 Å². The quantitative estimate of drug-likeness (QED) is 0.430. The molecule has 5 rings (SSSR count). The van der Waals surface area contributed by atoms with Crippen LogP contribution in [0.3, 0.4) is 0 Å². The normalized spacial score (nSPS) is 15.6. The first kappa shape index (κ1) is 21.3. The molecular weight excluding hydrogens is 423 g/mol. The molecule has 8 nitrogen and oxygen atoms in total. The summed E-state index contributed by atoms with van der Waals surface area (Å²) in [5, 5.41) is 13.4. The van der Waals surface area contributed by atoms with Gasteiger partial charge in [-0.15, -0.1) is 0 Å². The number of nitrogens with zero attached hydrogens (tertiary/aromatic N) is 4. The summed E-state index contributed by atoms with van der Waals surface area (Å²) in [7, 11) is 1.60. The first-order valence-electron chi connectivity index (χ1n) is 10.9. The predicted octanol–water partition coefficient (Wildman–Crippen LogP) is 2.97. The van der Waals surface area contributed by atoms with Gasteiger partial charge in [-0.3, -0.25) is 0 Å². The van der Waals surface area contributed by atoms with Gasteiger partial charge >= 0.3 is 0 Å². The molecule has 9 heteroatoms. The molecule has 170 valence electrons. The molecule has 1 atom stereocenters. The van der Waals surface area contributed by atoms with E-state index in [1.54, 1.807) is 19.2 Å². The van der Waals surface area contributed by atoms with E-state index in [2.05, 4.69) is 19.9 Å². The number of aryl methyl sites for hydroxylation is 1. The number of nitrogen functional groups attached to an aromatic ring is 1. The van der Waals surface area contributed by atoms with Gasteiger partial charge in [0.1, 0.15) is 17.4 Å². The largest absolute Gasteiger partial charge is 0.496 e. The number of rotatable bonds is 5. The maximum absolute atomic E-state index is 15.0. The average Bonchev–Trinajstić information content (AvgIpc) is 3.19. The van der Waals surface area contributed by atoms with E-state index >= 15 is 4.39 Å². The number of hydrogen-bond donors (Lipinski definition) is 3. The molecule has 1 aliphatic heterocycles. The zero-order chi connectivity index (χ0) is 23.1. The van der Waals surface area contributed by atoms with Gasteiger partial charge in [0.15, 0.2) is 0 Å². The molecule has 0 fully saturated rings. The summed E-state index contributed by atoms with van der Waals surface area (Å²) in [6, 6.07) is 8.61. The van der Waals surface area contributed by atoms with Crippen molar-refractivity contribution in [3.05, 3.63) is 64.9 Å². The zero-order valence-electron chi connectivity index (χ0n) is 18.5. The summed E-state index contributed by atoms with van der Waals surface area (Å²) in [4.78, 5) is 12.9. The first-order chi connectivity index (χ1) is 16.0. The van der Waals surface area contributed by atoms with Crippen molar-refractivity contribution in [2.45, 2.75) is 32.5 Å². The molecule has 0 amide bonds. The summed E-state index contributed by atoms with van der Waals surface area (Å²) in [6.07, 6.45) is 2.36. The number of fused-ring (bicyclic) bond motifs is 2. The Morgan fingerprint density at radius 2 is 2.12 bits per heavy atom. The Labute approximate surface area is 190 Å². The number of aliphatic hydroxyl groups excluding tert-OH is 1. The fourth-order valence-electron chi connectivity index (χ4n) is 4.61. The molecule has 0 aliphatic carbocycles. The van der Waals surface area contributed by atoms with E-state index in [4.69, 9.17) is 15.5 Å². The lowest BCUT2D eigenvalue weighted by Crippen LogP contribution is -2.32. The third kappa shape index (κ3) is 3.59. The van der Waals surface area contributed by atoms with Crippen LogP contribution in [0.5, 0.6) is 5.75 Å². The molecule has 1 aliphatic rings. The second-order valence-corrected chi connectivity index (χ2v) is 7.99. The van der Waals surface area contributed by atoms with Crippen molar-refractivity contribution >= 4 is 17.0 Å². The SMILES string of the molecule is CCn1c(C2NCCc3cc(OC)c(CO)cc32)nc2cc(F)c(-c3ccnc(N)n3)cc21. The number of benzene rings is 2. The molecule has 0 saturated heterocycles. The Morgan fingerprint density at radius 3 is 2.85 bits per heavy atom. The van der Waals surface area contributed by atoms with Crippen molar-refractivity contribution in [2.24, 2.45) is 0 Å². The monoisotopic (exact) mass is 448 g/mol. The van der Waals surface area contributed by atoms with Crippen LogP contribution in [-0.4, -0.2) is 38.3 Å². The van der Waals surface area contributed by atoms with Gasteiger partial charge in [-0.1, -0.05) is 0 Å². The van der Waals surface area contributed by atoms with Crippen LogP contribution in [-0.2, 0) is 19.6 Å². The molecule has 4 aromatic rings. The standard InChI is InChI=1S/C24H25FN6O2/c1-3-31-20-10-16(18-5-7-28-24(26)30-18)17(25)11-19(20)29-23(31)22-15-8-14(12-32)21(33-2)9-13(15)4-6-27-22/h5,7-11,22,27,32H,3-4,6,12H2,1-2H3,(H2,26,28,30). The minimum Gasteiger partial charge on any atom is -0.496 e. The minimum atomic E-state index is -0.419. The molecule has 0 radical (unpaired) electrons. The summed E-state index contributed by atoms with van der Waals surface area (Å²) in [6.45, 7) is 3.34. The Balaban J connectivity index is 1.67. The second kappa shape index (κ2) is 8.42. The van der Waals surface area contributed by atoms with E-state index in [1.807, 2.05) is 19.1 Å². The highest BCUT2D eigenvalue weighted by atomic mass is 19.1. The van der Waals surface area contributed by atoms with Gasteiger partial charge in [0.05, 0.1) is 36.5 Å². The Morgan fingerprint density at radius 1 is 1.27 bits per heavy atom. The number of aromatic nitrogens is 4. The van der Waals surface area contributed by atoms with Crippen LogP contribution in [0.15, 0.2) is 36.5 Å². The van der Waals surface area contributed by atoms with Crippen molar-refractivity contribution in [3.8, 4) is 17.0 Å². The van der Waals surface area contributed by atoms with Gasteiger partial charge in [0, 0.05) is 36.5 Å². The van der Waals surface area contributed by atoms with E-state index in [-0.39, 0.29) is 18.6 Å². The van der Waals surface area contributed by atoms with Gasteiger partial charge in [-0.25, -0.2) is 19.3 Å². The summed E-state index contributed by atoms with van der Waals surface area (Å²) in [5.74, 6) is 1.14. The fourth-order valence-corrected chi connectivity index (χ4v) is 4.61. The molecule has 4 N–H and O–H groups in total. The van der Waals surface area contributed by atoms with Crippen molar-refractivity contribution in [3.63, 3.8) is 0 Å². The third-order valence-corrected chi connectivity index (χ3v) is 6.16. The number of ether oxygens (including phenoxy) is 1. The predicted molar refractivity (Wildman–Crippen MR) is 123 cm³/mol. The molecular formula is C24H25FN6O2. The van der Waals surface area contributed by atoms with E-state index in [0.717, 1.165) is 41.0 Å². The van der Waals surface area contributed by atoms with Crippen molar-refractivity contribution < 1.29 is 14.2 Å². The lowest BCUT2D eigenvalue weighted by molar-refractivity contribution is 0.273. The van der Waals surface area contributed by atoms with Crippen molar-refractivity contribution in [1.82, 2.24) is 24.8 Å². The van der Waals surface area contributed by atoms with E-state index < -0.39 is 5.82 Å². The molecule has 2 aromatic carbocycles. The topological polar surface area (TPSA) is 111 Å². The number of aliphatic hydroxyl groups is 1. The fraction of sp³-hybridized carbons (Fsp3) is 0.292. The van der Waals surface area contributed by atoms with Crippen LogP contribution in [0, 0.1) is 5.82 Å². The van der Waals surface area contributed by atoms with Crippen LogP contribution in [0.4, 0.5) is 10.3 Å². The molecule has 2 aromatic heterocycles. The maximum Gasteiger partial charge on any atom is 0.220 e. The number of nitrogens with one attached hydrogen (secondary N) is 1. The van der Waals surface area contributed by atoms with E-state index in [1.165, 1.54) is 12.3 Å². The van der Waals surface area contributed by atoms with Crippen molar-refractivity contribution in [2.75, 3.05) is 19.4 Å². The molecule has 1 unspecified atom stereocenters. The van der Waals surface area contributed by atoms with Crippen LogP contribution in [0.25, 0.3) is 22.3 Å². The first-order valence-corrected chi connectivity index (χ1v) is 10.9. The average molecular weight is 449 g/mol. The van der Waals surface area contributed by atoms with Gasteiger partial charge in [-0.05, 0) is 48.7 Å². The molecule has 33 heavy (non-hydrogen) atoms. The van der Waals surface area contributed by atoms with Gasteiger partial charge in [0.25, 0.3) is 0 Å². The second-order valence-electron chi connectivity index (χ2n) is 7.99. The third-order valence-electron chi connectivity index (χ3n) is 6.16. The number of anilines is 1. The lowest BCUT2D eigenvalue weighted by Gasteiger charge is -2.28. The Hall–Kier alpha value is -3.56. The summed E-state index contributed by atoms with van der Waals surface area (Å²) < 4.78 is 22.6. The minimum absolute atomic E-state index is 0.0924. The van der Waals surface area contributed by atoms with Gasteiger partial charge in [-0.2, -0.15) is 0 Å². The Bertz CT molecular complexity index is 1350. The molecule has 0 bridgehead atoms. The van der Waals surface area contributed by atoms with Crippen LogP contribution in [0.2, 0.25) is 0 Å². The maximum atomic E-state index is 15.0. The number of nitrogens with two attached hydrogens (primary N) is 1. The van der Waals surface area contributed by atoms with Gasteiger partial charge in [0.2, 0.25) is 5.95 Å². The number of hydrogen-bond acceptors (Lipinski definition) is 7. The summed E-state index contributed by atoms with van der Waals surface area (Å²) in [5.41, 5.74) is 10.8. The van der Waals surface area contributed by atoms with Gasteiger partial charge < -0.3 is 25.5 Å². The van der Waals surface area contributed by atoms with Crippen LogP contribution >= 0.6 is 0 Å².